The molecule has 7 rings (SSSR count). The highest BCUT2D eigenvalue weighted by Gasteiger charge is 2.23. The Morgan fingerprint density at radius 3 is 1.35 bits per heavy atom. The van der Waals surface area contributed by atoms with Crippen molar-refractivity contribution >= 4 is 17.1 Å². The molecule has 0 N–H and O–H groups in total. The summed E-state index contributed by atoms with van der Waals surface area (Å²) < 4.78 is 8.42. The van der Waals surface area contributed by atoms with Crippen LogP contribution >= 0.6 is 0 Å². The molecular weight excluding hydrogens is 526 g/mol. The maximum absolute atomic E-state index is 2.41. The predicted molar refractivity (Wildman–Crippen MR) is 173 cm³/mol. The van der Waals surface area contributed by atoms with Crippen LogP contribution in [0, 0.1) is 0 Å². The topological polar surface area (TPSA) is 20.9 Å². The number of rotatable bonds is 7. The minimum atomic E-state index is 1.07. The lowest BCUT2D eigenvalue weighted by atomic mass is 9.94. The average Bonchev–Trinajstić information content (AvgIpc) is 3.70. The molecule has 0 spiro atoms. The molecule has 208 valence electrons. The first-order valence-electron chi connectivity index (χ1n) is 14.5. The van der Waals surface area contributed by atoms with E-state index in [1.54, 1.807) is 0 Å². The number of aryl methyl sites for hydroxylation is 2. The number of aromatic nitrogens is 4. The van der Waals surface area contributed by atoms with Gasteiger partial charge in [-0.1, -0.05) is 91.0 Å². The van der Waals surface area contributed by atoms with Crippen LogP contribution in [0.15, 0.2) is 165 Å². The molecule has 5 aromatic carbocycles. The molecule has 2 aromatic heterocycles. The molecule has 0 radical (unpaired) electrons. The zero-order valence-electron chi connectivity index (χ0n) is 24.3. The quantitative estimate of drug-likeness (QED) is 0.183. The Labute approximate surface area is 252 Å². The Balaban J connectivity index is 1.52. The van der Waals surface area contributed by atoms with Gasteiger partial charge >= 0.3 is 0 Å². The number of hydrogen-bond acceptors (Lipinski definition) is 1. The van der Waals surface area contributed by atoms with Gasteiger partial charge in [-0.05, 0) is 35.4 Å². The molecule has 0 bridgehead atoms. The van der Waals surface area contributed by atoms with Crippen LogP contribution < -0.4 is 14.0 Å². The number of hydrogen-bond donors (Lipinski definition) is 0. The summed E-state index contributed by atoms with van der Waals surface area (Å²) >= 11 is 0. The SMILES string of the molecule is C[n+]1ccn(-c2cccc(N(c3cccc(-n4cc[n+](C)c4)c3)c3c(-c4ccccc4)cccc3-c3ccccc3)c2)c1. The first kappa shape index (κ1) is 26.2. The summed E-state index contributed by atoms with van der Waals surface area (Å²) in [5.74, 6) is 0. The first-order valence-corrected chi connectivity index (χ1v) is 14.5. The van der Waals surface area contributed by atoms with E-state index in [-0.39, 0.29) is 0 Å². The van der Waals surface area contributed by atoms with Crippen molar-refractivity contribution in [2.24, 2.45) is 14.1 Å². The van der Waals surface area contributed by atoms with Gasteiger partial charge in [-0.2, -0.15) is 0 Å². The summed E-state index contributed by atoms with van der Waals surface area (Å²) in [6, 6.07) is 45.5. The summed E-state index contributed by atoms with van der Waals surface area (Å²) in [6.07, 6.45) is 12.5. The van der Waals surface area contributed by atoms with Gasteiger partial charge in [-0.3, -0.25) is 0 Å². The second-order valence-electron chi connectivity index (χ2n) is 10.8. The third-order valence-corrected chi connectivity index (χ3v) is 7.74. The Kier molecular flexibility index (Phi) is 6.89. The van der Waals surface area contributed by atoms with E-state index in [0.29, 0.717) is 0 Å². The van der Waals surface area contributed by atoms with Gasteiger partial charge in [0, 0.05) is 23.3 Å². The van der Waals surface area contributed by atoms with E-state index in [1.807, 2.05) is 14.1 Å². The van der Waals surface area contributed by atoms with Gasteiger partial charge in [0.15, 0.2) is 0 Å². The predicted octanol–water partition coefficient (Wildman–Crippen LogP) is 7.72. The molecule has 0 aliphatic rings. The fourth-order valence-corrected chi connectivity index (χ4v) is 5.68. The third kappa shape index (κ3) is 5.24. The van der Waals surface area contributed by atoms with Gasteiger partial charge in [-0.15, -0.1) is 0 Å². The van der Waals surface area contributed by atoms with Crippen LogP contribution in [0.2, 0.25) is 0 Å². The number of imidazole rings is 2. The van der Waals surface area contributed by atoms with Crippen molar-refractivity contribution in [2.45, 2.75) is 0 Å². The van der Waals surface area contributed by atoms with Crippen molar-refractivity contribution in [1.82, 2.24) is 9.13 Å². The molecule has 0 saturated carbocycles. The maximum Gasteiger partial charge on any atom is 0.248 e. The number of para-hydroxylation sites is 1. The van der Waals surface area contributed by atoms with E-state index < -0.39 is 0 Å². The van der Waals surface area contributed by atoms with Gasteiger partial charge in [0.1, 0.15) is 36.2 Å². The summed E-state index contributed by atoms with van der Waals surface area (Å²) in [6.45, 7) is 0. The standard InChI is InChI=1S/C38H33N5/c1-39-22-24-41(28-39)32-16-9-18-34(26-32)43(35-19-10-17-33(27-35)42-25-23-40(2)29-42)38-36(30-12-5-3-6-13-30)20-11-21-37(38)31-14-7-4-8-15-31/h3-29H,1-2H3/q+2. The van der Waals surface area contributed by atoms with Gasteiger partial charge in [0.05, 0.1) is 31.2 Å². The van der Waals surface area contributed by atoms with Crippen LogP contribution in [-0.4, -0.2) is 9.13 Å². The van der Waals surface area contributed by atoms with Crippen LogP contribution in [0.1, 0.15) is 0 Å². The van der Waals surface area contributed by atoms with Crippen LogP contribution in [0.25, 0.3) is 33.6 Å². The number of anilines is 3. The van der Waals surface area contributed by atoms with Gasteiger partial charge in [0.25, 0.3) is 0 Å². The molecule has 7 aromatic rings. The van der Waals surface area contributed by atoms with Crippen molar-refractivity contribution in [3.05, 3.63) is 165 Å². The van der Waals surface area contributed by atoms with E-state index in [9.17, 15) is 0 Å². The normalized spacial score (nSPS) is 11.0. The van der Waals surface area contributed by atoms with Gasteiger partial charge < -0.3 is 4.90 Å². The first-order chi connectivity index (χ1) is 21.1. The molecular formula is C38H33N5+2. The molecule has 43 heavy (non-hydrogen) atoms. The molecule has 0 saturated heterocycles. The van der Waals surface area contributed by atoms with E-state index in [2.05, 4.69) is 188 Å². The zero-order chi connectivity index (χ0) is 29.2. The Morgan fingerprint density at radius 1 is 0.488 bits per heavy atom. The minimum Gasteiger partial charge on any atom is -0.309 e. The Morgan fingerprint density at radius 2 is 0.930 bits per heavy atom. The van der Waals surface area contributed by atoms with Crippen molar-refractivity contribution < 1.29 is 9.13 Å². The third-order valence-electron chi connectivity index (χ3n) is 7.74. The van der Waals surface area contributed by atoms with Gasteiger partial charge in [0.2, 0.25) is 12.7 Å². The molecule has 0 atom stereocenters. The summed E-state index contributed by atoms with van der Waals surface area (Å²) in [4.78, 5) is 2.41. The lowest BCUT2D eigenvalue weighted by Gasteiger charge is -2.30. The minimum absolute atomic E-state index is 1.07. The second kappa shape index (κ2) is 11.3. The lowest BCUT2D eigenvalue weighted by Crippen LogP contribution is -2.23. The fraction of sp³-hybridized carbons (Fsp3) is 0.0526. The number of nitrogens with zero attached hydrogens (tertiary/aromatic N) is 5. The Hall–Kier alpha value is -5.68. The van der Waals surface area contributed by atoms with Crippen LogP contribution in [-0.2, 0) is 14.1 Å². The molecule has 2 heterocycles. The van der Waals surface area contributed by atoms with E-state index >= 15 is 0 Å². The van der Waals surface area contributed by atoms with Crippen molar-refractivity contribution in [3.63, 3.8) is 0 Å². The second-order valence-corrected chi connectivity index (χ2v) is 10.8. The van der Waals surface area contributed by atoms with Crippen molar-refractivity contribution in [2.75, 3.05) is 4.90 Å². The lowest BCUT2D eigenvalue weighted by molar-refractivity contribution is -0.670. The largest absolute Gasteiger partial charge is 0.309 e. The highest BCUT2D eigenvalue weighted by molar-refractivity contribution is 5.97. The fourth-order valence-electron chi connectivity index (χ4n) is 5.68. The zero-order valence-corrected chi connectivity index (χ0v) is 24.3. The molecule has 0 aliphatic heterocycles. The Bertz CT molecular complexity index is 1860. The van der Waals surface area contributed by atoms with Crippen molar-refractivity contribution in [1.29, 1.82) is 0 Å². The summed E-state index contributed by atoms with van der Waals surface area (Å²) in [5.41, 5.74) is 10.1. The summed E-state index contributed by atoms with van der Waals surface area (Å²) in [7, 11) is 4.09. The van der Waals surface area contributed by atoms with Crippen LogP contribution in [0.5, 0.6) is 0 Å². The summed E-state index contributed by atoms with van der Waals surface area (Å²) in [5, 5.41) is 0. The average molecular weight is 560 g/mol. The van der Waals surface area contributed by atoms with E-state index in [4.69, 9.17) is 0 Å². The monoisotopic (exact) mass is 559 g/mol. The van der Waals surface area contributed by atoms with Crippen molar-refractivity contribution in [3.8, 4) is 33.6 Å². The highest BCUT2D eigenvalue weighted by Crippen LogP contribution is 2.47. The van der Waals surface area contributed by atoms with Gasteiger partial charge in [-0.25, -0.2) is 18.3 Å². The molecule has 0 aliphatic carbocycles. The molecule has 0 fully saturated rings. The highest BCUT2D eigenvalue weighted by atomic mass is 15.2. The molecule has 0 unspecified atom stereocenters. The van der Waals surface area contributed by atoms with Crippen LogP contribution in [0.3, 0.4) is 0 Å². The maximum atomic E-state index is 2.41. The molecule has 5 heteroatoms. The molecule has 5 nitrogen and oxygen atoms in total. The number of benzene rings is 5. The smallest absolute Gasteiger partial charge is 0.248 e. The molecule has 0 amide bonds. The van der Waals surface area contributed by atoms with Crippen LogP contribution in [0.4, 0.5) is 17.1 Å². The van der Waals surface area contributed by atoms with E-state index in [1.165, 1.54) is 11.1 Å². The van der Waals surface area contributed by atoms with E-state index in [0.717, 1.165) is 39.6 Å².